The molecule has 5 atom stereocenters. The Bertz CT molecular complexity index is 1300. The van der Waals surface area contributed by atoms with Gasteiger partial charge in [0, 0.05) is 6.54 Å². The number of nitrogens with one attached hydrogen (secondary N) is 1. The van der Waals surface area contributed by atoms with Gasteiger partial charge in [0.25, 0.3) is 5.91 Å². The van der Waals surface area contributed by atoms with Crippen molar-refractivity contribution in [1.29, 1.82) is 0 Å². The number of carbonyl (C=O) groups excluding carboxylic acids is 2. The number of carbonyl (C=O) groups is 3. The number of aliphatic hydroxyl groups excluding tert-OH is 3. The predicted molar refractivity (Wildman–Crippen MR) is 176 cm³/mol. The molecule has 0 bridgehead atoms. The van der Waals surface area contributed by atoms with Crippen molar-refractivity contribution in [2.45, 2.75) is 97.1 Å². The fourth-order valence-corrected chi connectivity index (χ4v) is 4.58. The van der Waals surface area contributed by atoms with E-state index in [1.165, 1.54) is 29.3 Å². The minimum Gasteiger partial charge on any atom is -0.479 e. The first-order valence-electron chi connectivity index (χ1n) is 15.8. The van der Waals surface area contributed by atoms with Crippen LogP contribution in [0.3, 0.4) is 0 Å². The van der Waals surface area contributed by atoms with E-state index in [0.717, 1.165) is 37.8 Å². The molecule has 1 aliphatic rings. The summed E-state index contributed by atoms with van der Waals surface area (Å²) in [5.41, 5.74) is 3.86. The van der Waals surface area contributed by atoms with Crippen LogP contribution < -0.4 is 10.1 Å². The van der Waals surface area contributed by atoms with E-state index in [4.69, 9.17) is 31.6 Å². The van der Waals surface area contributed by atoms with Crippen LogP contribution in [0.25, 0.3) is 0 Å². The van der Waals surface area contributed by atoms with E-state index < -0.39 is 48.5 Å². The number of amides is 1. The smallest absolute Gasteiger partial charge is 0.335 e. The fraction of sp³-hybridized carbons (Fsp3) is 0.576. The standard InChI is InChI=1S/C33H47BN2O12/c1-5-7-20(2)8-6-9-21(3)10-11-22(4)36-46-17-16-44-15-14-35-30(40)24-18-23(19-45-33(34)43)12-13-25(24)47-32-28(39)26(37)27(38)29(48-32)31(41)42/h7,9,12-13,18,26-29,32,37-39H,5-6,8,10-11,14-17,19H2,1-4H3,(H,35,40)(H,41,42)/b20-7+,21-9+,36-22+/t26-,27-,28+,29-,32+/m0/s1. The van der Waals surface area contributed by atoms with E-state index in [1.807, 2.05) is 6.92 Å². The number of aliphatic carboxylic acids is 1. The second-order valence-electron chi connectivity index (χ2n) is 11.4. The van der Waals surface area contributed by atoms with E-state index in [2.05, 4.69) is 43.4 Å². The van der Waals surface area contributed by atoms with Crippen LogP contribution in [0.15, 0.2) is 46.7 Å². The lowest BCUT2D eigenvalue weighted by molar-refractivity contribution is -0.271. The number of nitrogens with zero attached hydrogens (tertiary/aromatic N) is 1. The molecule has 48 heavy (non-hydrogen) atoms. The van der Waals surface area contributed by atoms with Gasteiger partial charge >= 0.3 is 5.97 Å². The summed E-state index contributed by atoms with van der Waals surface area (Å²) in [7, 11) is 5.03. The number of benzene rings is 1. The summed E-state index contributed by atoms with van der Waals surface area (Å²) in [6.45, 7) is 8.70. The molecule has 1 aliphatic heterocycles. The molecule has 1 aromatic carbocycles. The van der Waals surface area contributed by atoms with Crippen molar-refractivity contribution in [3.05, 3.63) is 52.6 Å². The number of carboxylic acids is 1. The molecule has 264 valence electrons. The molecule has 0 unspecified atom stereocenters. The number of allylic oxidation sites excluding steroid dienone is 4. The molecule has 1 saturated heterocycles. The Kier molecular flexibility index (Phi) is 17.9. The molecule has 1 amide bonds. The number of oxime groups is 1. The third-order valence-electron chi connectivity index (χ3n) is 7.26. The lowest BCUT2D eigenvalue weighted by Gasteiger charge is -2.38. The van der Waals surface area contributed by atoms with Crippen LogP contribution in [0.1, 0.15) is 75.7 Å². The number of hydrogen-bond acceptors (Lipinski definition) is 12. The van der Waals surface area contributed by atoms with Crippen LogP contribution >= 0.6 is 0 Å². The normalized spacial score (nSPS) is 21.8. The monoisotopic (exact) mass is 674 g/mol. The summed E-state index contributed by atoms with van der Waals surface area (Å²) in [4.78, 5) is 40.9. The van der Waals surface area contributed by atoms with Crippen LogP contribution in [0.2, 0.25) is 0 Å². The molecule has 2 rings (SSSR count). The quantitative estimate of drug-likeness (QED) is 0.0446. The second-order valence-corrected chi connectivity index (χ2v) is 11.4. The molecule has 1 aromatic rings. The lowest BCUT2D eigenvalue weighted by Crippen LogP contribution is -2.61. The first kappa shape index (κ1) is 40.4. The van der Waals surface area contributed by atoms with Gasteiger partial charge in [0.15, 0.2) is 6.10 Å². The summed E-state index contributed by atoms with van der Waals surface area (Å²) >= 11 is 0. The first-order valence-corrected chi connectivity index (χ1v) is 15.8. The Balaban J connectivity index is 1.85. The van der Waals surface area contributed by atoms with Gasteiger partial charge in [-0.3, -0.25) is 9.59 Å². The second kappa shape index (κ2) is 21.3. The third kappa shape index (κ3) is 14.2. The molecule has 0 saturated carbocycles. The van der Waals surface area contributed by atoms with Crippen molar-refractivity contribution in [1.82, 2.24) is 5.32 Å². The van der Waals surface area contributed by atoms with E-state index in [0.29, 0.717) is 5.56 Å². The molecule has 0 spiro atoms. The van der Waals surface area contributed by atoms with Gasteiger partial charge in [0.1, 0.15) is 37.3 Å². The maximum Gasteiger partial charge on any atom is 0.335 e. The zero-order valence-electron chi connectivity index (χ0n) is 27.9. The summed E-state index contributed by atoms with van der Waals surface area (Å²) in [6, 6.07) is 4.07. The van der Waals surface area contributed by atoms with Gasteiger partial charge in [-0.25, -0.2) is 4.79 Å². The third-order valence-corrected chi connectivity index (χ3v) is 7.26. The summed E-state index contributed by atoms with van der Waals surface area (Å²) in [5.74, 6) is -3.42. The molecule has 0 aromatic heterocycles. The Morgan fingerprint density at radius 1 is 0.979 bits per heavy atom. The van der Waals surface area contributed by atoms with E-state index in [9.17, 15) is 34.8 Å². The largest absolute Gasteiger partial charge is 0.479 e. The minimum absolute atomic E-state index is 0.0799. The number of hydrogen-bond donors (Lipinski definition) is 5. The molecule has 5 N–H and O–H groups in total. The summed E-state index contributed by atoms with van der Waals surface area (Å²) in [5, 5.41) is 46.4. The zero-order chi connectivity index (χ0) is 35.6. The summed E-state index contributed by atoms with van der Waals surface area (Å²) in [6.07, 6.45) is 0.0386. The number of ether oxygens (including phenoxy) is 4. The van der Waals surface area contributed by atoms with Gasteiger partial charge in [0.2, 0.25) is 20.0 Å². The predicted octanol–water partition coefficient (Wildman–Crippen LogP) is 2.76. The zero-order valence-corrected chi connectivity index (χ0v) is 27.9. The highest BCUT2D eigenvalue weighted by atomic mass is 16.7. The first-order chi connectivity index (χ1) is 22.8. The van der Waals surface area contributed by atoms with E-state index >= 15 is 0 Å². The highest BCUT2D eigenvalue weighted by Crippen LogP contribution is 2.28. The van der Waals surface area contributed by atoms with Gasteiger partial charge in [0.05, 0.1) is 24.5 Å². The maximum absolute atomic E-state index is 13.1. The maximum atomic E-state index is 13.1. The van der Waals surface area contributed by atoms with Crippen LogP contribution in [0.5, 0.6) is 5.75 Å². The molecule has 1 heterocycles. The Labute approximate surface area is 282 Å². The number of rotatable bonds is 20. The average Bonchev–Trinajstić information content (AvgIpc) is 3.04. The van der Waals surface area contributed by atoms with Crippen molar-refractivity contribution in [3.63, 3.8) is 0 Å². The molecule has 1 fully saturated rings. The van der Waals surface area contributed by atoms with Crippen LogP contribution in [0.4, 0.5) is 4.79 Å². The number of carboxylic acid groups (broad SMARTS) is 1. The van der Waals surface area contributed by atoms with Crippen LogP contribution in [-0.4, -0.2) is 109 Å². The van der Waals surface area contributed by atoms with Gasteiger partial charge in [-0.05, 0) is 70.6 Å². The summed E-state index contributed by atoms with van der Waals surface area (Å²) < 4.78 is 21.0. The minimum atomic E-state index is -1.92. The van der Waals surface area contributed by atoms with Crippen LogP contribution in [-0.2, 0) is 30.4 Å². The van der Waals surface area contributed by atoms with Crippen molar-refractivity contribution in [2.75, 3.05) is 26.4 Å². The Hall–Kier alpha value is -3.76. The Morgan fingerprint density at radius 2 is 1.71 bits per heavy atom. The molecule has 2 radical (unpaired) electrons. The lowest BCUT2D eigenvalue weighted by atomic mass is 9.99. The molecule has 15 heteroatoms. The SMILES string of the molecule is [B]C(=O)OCc1ccc(O[C@@H]2O[C@H](C(=O)O)[C@@H](O)[C@H](O)[C@H]2O)c(C(=O)NCCOCCO/N=C(\C)CC/C(C)=C/CC/C(C)=C/CC)c1. The highest BCUT2D eigenvalue weighted by molar-refractivity contribution is 6.55. The molecule has 14 nitrogen and oxygen atoms in total. The van der Waals surface area contributed by atoms with E-state index in [-0.39, 0.29) is 44.3 Å². The van der Waals surface area contributed by atoms with Crippen molar-refractivity contribution < 1.29 is 58.6 Å². The van der Waals surface area contributed by atoms with Crippen LogP contribution in [0, 0.1) is 0 Å². The molecular formula is C33H47BN2O12. The van der Waals surface area contributed by atoms with E-state index in [1.54, 1.807) is 0 Å². The number of aliphatic hydroxyl groups is 3. The van der Waals surface area contributed by atoms with Gasteiger partial charge in [-0.1, -0.05) is 41.4 Å². The van der Waals surface area contributed by atoms with Gasteiger partial charge in [-0.15, -0.1) is 0 Å². The Morgan fingerprint density at radius 3 is 2.40 bits per heavy atom. The molecular weight excluding hydrogens is 627 g/mol. The van der Waals surface area contributed by atoms with Crippen molar-refractivity contribution in [2.24, 2.45) is 5.16 Å². The topological polar surface area (TPSA) is 203 Å². The highest BCUT2D eigenvalue weighted by Gasteiger charge is 2.48. The van der Waals surface area contributed by atoms with Gasteiger partial charge < -0.3 is 49.5 Å². The van der Waals surface area contributed by atoms with Gasteiger partial charge in [-0.2, -0.15) is 0 Å². The van der Waals surface area contributed by atoms with Crippen molar-refractivity contribution in [3.8, 4) is 5.75 Å². The molecule has 0 aliphatic carbocycles. The average molecular weight is 675 g/mol. The van der Waals surface area contributed by atoms with Crippen molar-refractivity contribution >= 4 is 31.3 Å². The fourth-order valence-electron chi connectivity index (χ4n) is 4.58.